The second kappa shape index (κ2) is 10.3. The lowest BCUT2D eigenvalue weighted by molar-refractivity contribution is 0.297. The molecular formula is C28H36FN5O3Si. The van der Waals surface area contributed by atoms with E-state index in [2.05, 4.69) is 43.9 Å². The van der Waals surface area contributed by atoms with E-state index >= 15 is 4.39 Å². The van der Waals surface area contributed by atoms with Crippen molar-refractivity contribution in [2.45, 2.75) is 45.8 Å². The molecule has 0 radical (unpaired) electrons. The highest BCUT2D eigenvalue weighted by atomic mass is 28.4. The normalized spacial score (nSPS) is 12.2. The molecular weight excluding hydrogens is 501 g/mol. The van der Waals surface area contributed by atoms with Gasteiger partial charge in [0.1, 0.15) is 17.9 Å². The third kappa shape index (κ3) is 5.37. The molecule has 0 saturated heterocycles. The van der Waals surface area contributed by atoms with E-state index in [-0.39, 0.29) is 16.4 Å². The lowest BCUT2D eigenvalue weighted by Crippen LogP contribution is -2.42. The van der Waals surface area contributed by atoms with Crippen molar-refractivity contribution in [2.75, 3.05) is 25.2 Å². The topological polar surface area (TPSA) is 74.4 Å². The third-order valence-electron chi connectivity index (χ3n) is 7.34. The molecule has 2 heterocycles. The van der Waals surface area contributed by atoms with Crippen LogP contribution in [0.25, 0.3) is 16.6 Å². The predicted octanol–water partition coefficient (Wildman–Crippen LogP) is 5.74. The molecule has 2 aromatic carbocycles. The molecule has 10 heteroatoms. The summed E-state index contributed by atoms with van der Waals surface area (Å²) in [6.45, 7) is 13.4. The number of methoxy groups -OCH3 is 1. The van der Waals surface area contributed by atoms with Crippen LogP contribution in [0.4, 0.5) is 15.8 Å². The highest BCUT2D eigenvalue weighted by molar-refractivity contribution is 6.74. The number of hydrogen-bond donors (Lipinski definition) is 0. The van der Waals surface area contributed by atoms with Gasteiger partial charge in [0.15, 0.2) is 8.32 Å². The van der Waals surface area contributed by atoms with Crippen molar-refractivity contribution in [2.24, 2.45) is 7.05 Å². The Hall–Kier alpha value is -3.50. The van der Waals surface area contributed by atoms with Gasteiger partial charge in [0.05, 0.1) is 42.2 Å². The molecule has 0 unspecified atom stereocenters. The summed E-state index contributed by atoms with van der Waals surface area (Å²) in [5.41, 5.74) is 2.42. The fourth-order valence-electron chi connectivity index (χ4n) is 4.02. The highest BCUT2D eigenvalue weighted by Gasteiger charge is 2.37. The largest absolute Gasteiger partial charge is 0.497 e. The van der Waals surface area contributed by atoms with Crippen molar-refractivity contribution in [1.29, 1.82) is 0 Å². The summed E-state index contributed by atoms with van der Waals surface area (Å²) in [4.78, 5) is 19.8. The van der Waals surface area contributed by atoms with Gasteiger partial charge >= 0.3 is 0 Å². The van der Waals surface area contributed by atoms with E-state index in [4.69, 9.17) is 9.16 Å². The zero-order valence-corrected chi connectivity index (χ0v) is 24.4. The molecule has 0 saturated carbocycles. The highest BCUT2D eigenvalue weighted by Crippen LogP contribution is 2.37. The number of fused-ring (bicyclic) bond motifs is 1. The van der Waals surface area contributed by atoms with Gasteiger partial charge in [0.2, 0.25) is 0 Å². The van der Waals surface area contributed by atoms with Crippen molar-refractivity contribution < 1.29 is 13.6 Å². The van der Waals surface area contributed by atoms with Crippen LogP contribution in [-0.2, 0) is 11.5 Å². The van der Waals surface area contributed by atoms with E-state index in [1.165, 1.54) is 10.9 Å². The van der Waals surface area contributed by atoms with Crippen molar-refractivity contribution in [1.82, 2.24) is 19.3 Å². The molecule has 4 aromatic rings. The van der Waals surface area contributed by atoms with Gasteiger partial charge in [-0.2, -0.15) is 5.10 Å². The van der Waals surface area contributed by atoms with E-state index in [1.807, 2.05) is 11.0 Å². The van der Waals surface area contributed by atoms with Gasteiger partial charge in [0, 0.05) is 31.5 Å². The smallest absolute Gasteiger partial charge is 0.265 e. The zero-order chi connectivity index (χ0) is 27.8. The van der Waals surface area contributed by atoms with Crippen LogP contribution in [0.15, 0.2) is 53.8 Å². The molecule has 0 fully saturated rings. The number of hydrogen-bond acceptors (Lipinski definition) is 6. The predicted molar refractivity (Wildman–Crippen MR) is 152 cm³/mol. The number of aryl methyl sites for hydroxylation is 2. The van der Waals surface area contributed by atoms with Gasteiger partial charge in [-0.3, -0.25) is 14.0 Å². The summed E-state index contributed by atoms with van der Waals surface area (Å²) in [7, 11) is 1.32. The summed E-state index contributed by atoms with van der Waals surface area (Å²) in [5.74, 6) is 0.202. The monoisotopic (exact) mass is 537 g/mol. The molecule has 0 spiro atoms. The molecule has 38 heavy (non-hydrogen) atoms. The first-order valence-corrected chi connectivity index (χ1v) is 15.5. The van der Waals surface area contributed by atoms with E-state index in [0.717, 1.165) is 0 Å². The Bertz CT molecular complexity index is 1520. The van der Waals surface area contributed by atoms with E-state index < -0.39 is 8.32 Å². The molecule has 0 aliphatic heterocycles. The molecule has 0 aliphatic carbocycles. The maximum absolute atomic E-state index is 15.6. The van der Waals surface area contributed by atoms with E-state index in [9.17, 15) is 4.79 Å². The van der Waals surface area contributed by atoms with Crippen molar-refractivity contribution in [3.05, 3.63) is 70.8 Å². The summed E-state index contributed by atoms with van der Waals surface area (Å²) >= 11 is 0. The van der Waals surface area contributed by atoms with Crippen LogP contribution in [0.1, 0.15) is 26.3 Å². The van der Waals surface area contributed by atoms with Crippen molar-refractivity contribution in [3.8, 4) is 11.4 Å². The molecule has 4 rings (SSSR count). The molecule has 0 atom stereocenters. The van der Waals surface area contributed by atoms with Crippen LogP contribution in [0.3, 0.4) is 0 Å². The standard InChI is InChI=1S/C28H36FN5O3Si/c1-19-13-22(36-6)15-25(26(19)29)33(11-12-37-38(7,8)28(2,3)4)20-9-10-24-23(14-20)27(35)34(18-30-24)21-16-31-32(5)17-21/h9-10,13-18H,11-12H2,1-8H3. The molecule has 202 valence electrons. The second-order valence-electron chi connectivity index (χ2n) is 11.0. The molecule has 0 bridgehead atoms. The quantitative estimate of drug-likeness (QED) is 0.267. The number of ether oxygens (including phenoxy) is 1. The zero-order valence-electron chi connectivity index (χ0n) is 23.4. The average molecular weight is 538 g/mol. The maximum Gasteiger partial charge on any atom is 0.265 e. The SMILES string of the molecule is COc1cc(C)c(F)c(N(CCO[Si](C)(C)C(C)(C)C)c2ccc3ncn(-c4cnn(C)c4)c(=O)c3c2)c1. The van der Waals surface area contributed by atoms with Crippen LogP contribution >= 0.6 is 0 Å². The maximum atomic E-state index is 15.6. The summed E-state index contributed by atoms with van der Waals surface area (Å²) in [5, 5.41) is 4.63. The number of nitrogens with zero attached hydrogens (tertiary/aromatic N) is 5. The fraction of sp³-hybridized carbons (Fsp3) is 0.393. The summed E-state index contributed by atoms with van der Waals surface area (Å²) in [6.07, 6.45) is 4.85. The van der Waals surface area contributed by atoms with Crippen LogP contribution in [-0.4, -0.2) is 47.9 Å². The van der Waals surface area contributed by atoms with E-state index in [0.29, 0.717) is 52.4 Å². The van der Waals surface area contributed by atoms with Gasteiger partial charge in [-0.1, -0.05) is 20.8 Å². The van der Waals surface area contributed by atoms with Crippen LogP contribution in [0.5, 0.6) is 5.75 Å². The third-order valence-corrected chi connectivity index (χ3v) is 11.9. The Labute approximate surface area is 223 Å². The van der Waals surface area contributed by atoms with Crippen LogP contribution < -0.4 is 15.2 Å². The minimum absolute atomic E-state index is 0.0433. The number of aromatic nitrogens is 4. The Morgan fingerprint density at radius 3 is 2.53 bits per heavy atom. The Balaban J connectivity index is 1.81. The molecule has 0 aliphatic rings. The number of benzene rings is 2. The average Bonchev–Trinajstić information content (AvgIpc) is 3.29. The number of anilines is 2. The first-order chi connectivity index (χ1) is 17.8. The van der Waals surface area contributed by atoms with Crippen LogP contribution in [0, 0.1) is 12.7 Å². The van der Waals surface area contributed by atoms with Crippen molar-refractivity contribution in [3.63, 3.8) is 0 Å². The Kier molecular flexibility index (Phi) is 7.49. The molecule has 8 nitrogen and oxygen atoms in total. The first kappa shape index (κ1) is 27.5. The second-order valence-corrected chi connectivity index (χ2v) is 15.8. The first-order valence-electron chi connectivity index (χ1n) is 12.6. The van der Waals surface area contributed by atoms with Gasteiger partial charge in [-0.05, 0) is 54.9 Å². The molecule has 0 N–H and O–H groups in total. The van der Waals surface area contributed by atoms with Gasteiger partial charge in [-0.15, -0.1) is 0 Å². The summed E-state index contributed by atoms with van der Waals surface area (Å²) < 4.78 is 30.5. The van der Waals surface area contributed by atoms with Gasteiger partial charge < -0.3 is 14.1 Å². The fourth-order valence-corrected chi connectivity index (χ4v) is 5.06. The number of halogens is 1. The molecule has 0 amide bonds. The summed E-state index contributed by atoms with van der Waals surface area (Å²) in [6, 6.07) is 8.74. The van der Waals surface area contributed by atoms with Gasteiger partial charge in [-0.25, -0.2) is 9.37 Å². The lowest BCUT2D eigenvalue weighted by Gasteiger charge is -2.37. The Morgan fingerprint density at radius 2 is 1.89 bits per heavy atom. The van der Waals surface area contributed by atoms with Crippen molar-refractivity contribution >= 4 is 30.6 Å². The number of rotatable bonds is 8. The van der Waals surface area contributed by atoms with E-state index in [1.54, 1.807) is 62.4 Å². The lowest BCUT2D eigenvalue weighted by atomic mass is 10.1. The minimum Gasteiger partial charge on any atom is -0.497 e. The molecule has 2 aromatic heterocycles. The van der Waals surface area contributed by atoms with Gasteiger partial charge in [0.25, 0.3) is 5.56 Å². The Morgan fingerprint density at radius 1 is 1.16 bits per heavy atom. The minimum atomic E-state index is -2.03. The van der Waals surface area contributed by atoms with Crippen LogP contribution in [0.2, 0.25) is 18.1 Å².